The van der Waals surface area contributed by atoms with Gasteiger partial charge in [-0.3, -0.25) is 9.78 Å². The number of primary amides is 1. The topological polar surface area (TPSA) is 65.2 Å². The molecule has 2 N–H and O–H groups in total. The van der Waals surface area contributed by atoms with E-state index >= 15 is 0 Å². The molecule has 0 aliphatic rings. The van der Waals surface area contributed by atoms with Crippen LogP contribution in [0.2, 0.25) is 0 Å². The monoisotopic (exact) mass is 166 g/mol. The van der Waals surface area contributed by atoms with E-state index in [1.807, 2.05) is 0 Å². The van der Waals surface area contributed by atoms with E-state index in [0.29, 0.717) is 12.4 Å². The predicted molar refractivity (Wildman–Crippen MR) is 43.5 cm³/mol. The number of rotatable bonds is 4. The maximum Gasteiger partial charge on any atom is 0.220 e. The Labute approximate surface area is 70.4 Å². The summed E-state index contributed by atoms with van der Waals surface area (Å²) >= 11 is 0. The molecule has 1 rings (SSSR count). The highest BCUT2D eigenvalue weighted by atomic mass is 16.5. The number of carbonyl (C=O) groups is 1. The van der Waals surface area contributed by atoms with Crippen molar-refractivity contribution in [2.24, 2.45) is 5.73 Å². The van der Waals surface area contributed by atoms with E-state index in [1.165, 1.54) is 0 Å². The van der Waals surface area contributed by atoms with Crippen LogP contribution in [0.5, 0.6) is 5.75 Å². The summed E-state index contributed by atoms with van der Waals surface area (Å²) in [6.45, 7) is 0.307. The number of nitrogens with two attached hydrogens (primary N) is 1. The second-order valence-corrected chi connectivity index (χ2v) is 2.25. The highest BCUT2D eigenvalue weighted by molar-refractivity contribution is 5.73. The van der Waals surface area contributed by atoms with Crippen molar-refractivity contribution in [2.45, 2.75) is 6.42 Å². The van der Waals surface area contributed by atoms with Crippen LogP contribution in [0.15, 0.2) is 24.5 Å². The third kappa shape index (κ3) is 3.01. The Balaban J connectivity index is 2.29. The van der Waals surface area contributed by atoms with E-state index in [0.717, 1.165) is 0 Å². The Morgan fingerprint density at radius 2 is 2.50 bits per heavy atom. The van der Waals surface area contributed by atoms with Gasteiger partial charge in [-0.2, -0.15) is 0 Å². The summed E-state index contributed by atoms with van der Waals surface area (Å²) in [6, 6.07) is 3.54. The van der Waals surface area contributed by atoms with Gasteiger partial charge in [-0.1, -0.05) is 0 Å². The SMILES string of the molecule is NC(=O)CCOc1cccnc1. The first-order chi connectivity index (χ1) is 5.79. The fourth-order valence-electron chi connectivity index (χ4n) is 0.702. The standard InChI is InChI=1S/C8H10N2O2/c9-8(11)3-5-12-7-2-1-4-10-6-7/h1-2,4,6H,3,5H2,(H2,9,11). The lowest BCUT2D eigenvalue weighted by Crippen LogP contribution is -2.14. The number of hydrogen-bond donors (Lipinski definition) is 1. The minimum atomic E-state index is -0.362. The minimum absolute atomic E-state index is 0.231. The first-order valence-corrected chi connectivity index (χ1v) is 3.60. The number of amides is 1. The predicted octanol–water partition coefficient (Wildman–Crippen LogP) is 0.336. The molecule has 0 spiro atoms. The Bertz CT molecular complexity index is 248. The number of nitrogens with zero attached hydrogens (tertiary/aromatic N) is 1. The quantitative estimate of drug-likeness (QED) is 0.701. The van der Waals surface area contributed by atoms with Gasteiger partial charge in [0.2, 0.25) is 5.91 Å². The highest BCUT2D eigenvalue weighted by Crippen LogP contribution is 2.05. The third-order valence-electron chi connectivity index (χ3n) is 1.25. The summed E-state index contributed by atoms with van der Waals surface area (Å²) in [4.78, 5) is 14.2. The molecule has 0 atom stereocenters. The normalized spacial score (nSPS) is 9.33. The van der Waals surface area contributed by atoms with Crippen LogP contribution in [-0.4, -0.2) is 17.5 Å². The van der Waals surface area contributed by atoms with E-state index in [4.69, 9.17) is 10.5 Å². The molecular formula is C8H10N2O2. The zero-order valence-corrected chi connectivity index (χ0v) is 6.56. The molecule has 12 heavy (non-hydrogen) atoms. The van der Waals surface area contributed by atoms with Gasteiger partial charge in [0.05, 0.1) is 19.2 Å². The van der Waals surface area contributed by atoms with Crippen LogP contribution in [0.3, 0.4) is 0 Å². The van der Waals surface area contributed by atoms with E-state index in [1.54, 1.807) is 24.5 Å². The van der Waals surface area contributed by atoms with E-state index < -0.39 is 0 Å². The molecule has 0 unspecified atom stereocenters. The maximum atomic E-state index is 10.3. The molecule has 1 aromatic rings. The summed E-state index contributed by atoms with van der Waals surface area (Å²) in [5.74, 6) is 0.289. The molecule has 64 valence electrons. The summed E-state index contributed by atoms with van der Waals surface area (Å²) in [7, 11) is 0. The van der Waals surface area contributed by atoms with Crippen molar-refractivity contribution in [3.63, 3.8) is 0 Å². The second kappa shape index (κ2) is 4.33. The number of carbonyl (C=O) groups excluding carboxylic acids is 1. The Morgan fingerprint density at radius 3 is 3.08 bits per heavy atom. The van der Waals surface area contributed by atoms with Crippen LogP contribution < -0.4 is 10.5 Å². The summed E-state index contributed by atoms with van der Waals surface area (Å²) in [6.07, 6.45) is 3.47. The van der Waals surface area contributed by atoms with Crippen LogP contribution in [0.1, 0.15) is 6.42 Å². The van der Waals surface area contributed by atoms with Crippen molar-refractivity contribution < 1.29 is 9.53 Å². The fourth-order valence-corrected chi connectivity index (χ4v) is 0.702. The molecule has 4 heteroatoms. The fraction of sp³-hybridized carbons (Fsp3) is 0.250. The van der Waals surface area contributed by atoms with E-state index in [-0.39, 0.29) is 12.3 Å². The van der Waals surface area contributed by atoms with Crippen LogP contribution in [0, 0.1) is 0 Å². The average molecular weight is 166 g/mol. The van der Waals surface area contributed by atoms with Crippen molar-refractivity contribution >= 4 is 5.91 Å². The van der Waals surface area contributed by atoms with Crippen molar-refractivity contribution in [3.8, 4) is 5.75 Å². The lowest BCUT2D eigenvalue weighted by Gasteiger charge is -2.02. The van der Waals surface area contributed by atoms with Crippen LogP contribution in [0.4, 0.5) is 0 Å². The van der Waals surface area contributed by atoms with Crippen LogP contribution in [0.25, 0.3) is 0 Å². The molecule has 0 saturated heterocycles. The van der Waals surface area contributed by atoms with Crippen molar-refractivity contribution in [1.82, 2.24) is 4.98 Å². The molecular weight excluding hydrogens is 156 g/mol. The highest BCUT2D eigenvalue weighted by Gasteiger charge is 1.95. The molecule has 4 nitrogen and oxygen atoms in total. The van der Waals surface area contributed by atoms with Gasteiger partial charge in [-0.15, -0.1) is 0 Å². The molecule has 0 radical (unpaired) electrons. The third-order valence-corrected chi connectivity index (χ3v) is 1.25. The summed E-state index contributed by atoms with van der Waals surface area (Å²) in [5, 5.41) is 0. The molecule has 0 saturated carbocycles. The number of ether oxygens (including phenoxy) is 1. The first-order valence-electron chi connectivity index (χ1n) is 3.60. The average Bonchev–Trinajstić information content (AvgIpc) is 2.05. The molecule has 1 amide bonds. The first kappa shape index (κ1) is 8.52. The van der Waals surface area contributed by atoms with Gasteiger partial charge in [-0.05, 0) is 12.1 Å². The Hall–Kier alpha value is -1.58. The number of pyridine rings is 1. The zero-order chi connectivity index (χ0) is 8.81. The molecule has 0 fully saturated rings. The van der Waals surface area contributed by atoms with Gasteiger partial charge >= 0.3 is 0 Å². The minimum Gasteiger partial charge on any atom is -0.491 e. The second-order valence-electron chi connectivity index (χ2n) is 2.25. The lowest BCUT2D eigenvalue weighted by molar-refractivity contribution is -0.118. The maximum absolute atomic E-state index is 10.3. The van der Waals surface area contributed by atoms with Gasteiger partial charge in [0, 0.05) is 6.20 Å². The van der Waals surface area contributed by atoms with Gasteiger partial charge in [0.1, 0.15) is 5.75 Å². The van der Waals surface area contributed by atoms with E-state index in [9.17, 15) is 4.79 Å². The largest absolute Gasteiger partial charge is 0.491 e. The molecule has 0 bridgehead atoms. The molecule has 0 aliphatic heterocycles. The van der Waals surface area contributed by atoms with Gasteiger partial charge < -0.3 is 10.5 Å². The van der Waals surface area contributed by atoms with Crippen molar-refractivity contribution in [3.05, 3.63) is 24.5 Å². The Kier molecular flexibility index (Phi) is 3.07. The van der Waals surface area contributed by atoms with Gasteiger partial charge in [0.25, 0.3) is 0 Å². The number of hydrogen-bond acceptors (Lipinski definition) is 3. The molecule has 1 heterocycles. The molecule has 1 aromatic heterocycles. The van der Waals surface area contributed by atoms with Crippen LogP contribution in [-0.2, 0) is 4.79 Å². The molecule has 0 aliphatic carbocycles. The summed E-state index contributed by atoms with van der Waals surface area (Å²) < 4.78 is 5.15. The molecule has 0 aromatic carbocycles. The zero-order valence-electron chi connectivity index (χ0n) is 6.56. The van der Waals surface area contributed by atoms with Crippen molar-refractivity contribution in [2.75, 3.05) is 6.61 Å². The number of aromatic nitrogens is 1. The van der Waals surface area contributed by atoms with Crippen molar-refractivity contribution in [1.29, 1.82) is 0 Å². The van der Waals surface area contributed by atoms with Gasteiger partial charge in [-0.25, -0.2) is 0 Å². The van der Waals surface area contributed by atoms with E-state index in [2.05, 4.69) is 4.98 Å². The van der Waals surface area contributed by atoms with Crippen LogP contribution >= 0.6 is 0 Å². The smallest absolute Gasteiger partial charge is 0.220 e. The summed E-state index contributed by atoms with van der Waals surface area (Å²) in [5.41, 5.74) is 4.92. The van der Waals surface area contributed by atoms with Gasteiger partial charge in [0.15, 0.2) is 0 Å². The lowest BCUT2D eigenvalue weighted by atomic mass is 10.4. The Morgan fingerprint density at radius 1 is 1.67 bits per heavy atom.